The highest BCUT2D eigenvalue weighted by Gasteiger charge is 2.18. The summed E-state index contributed by atoms with van der Waals surface area (Å²) >= 11 is 0. The number of aromatic nitrogens is 2. The molecule has 1 amide bonds. The topological polar surface area (TPSA) is 72.9 Å². The molecule has 5 nitrogen and oxygen atoms in total. The van der Waals surface area contributed by atoms with E-state index in [4.69, 9.17) is 5.84 Å². The molecule has 8 heteroatoms. The summed E-state index contributed by atoms with van der Waals surface area (Å²) in [6, 6.07) is 7.79. The Morgan fingerprint density at radius 2 is 2.00 bits per heavy atom. The number of rotatable bonds is 4. The number of hydrogen-bond donors (Lipinski definition) is 2. The molecule has 0 radical (unpaired) electrons. The molecule has 0 saturated heterocycles. The molecule has 0 aliphatic rings. The Kier molecular flexibility index (Phi) is 4.22. The van der Waals surface area contributed by atoms with Crippen LogP contribution in [0.5, 0.6) is 0 Å². The summed E-state index contributed by atoms with van der Waals surface area (Å²) in [7, 11) is 0. The Morgan fingerprint density at radius 1 is 1.21 bits per heavy atom. The van der Waals surface area contributed by atoms with Crippen molar-refractivity contribution in [2.45, 2.75) is 13.2 Å². The normalized spacial score (nSPS) is 11.0. The fourth-order valence-corrected chi connectivity index (χ4v) is 2.47. The van der Waals surface area contributed by atoms with Crippen molar-refractivity contribution in [2.75, 3.05) is 0 Å². The number of halogens is 3. The molecule has 0 fully saturated rings. The molecule has 3 aromatic rings. The van der Waals surface area contributed by atoms with Gasteiger partial charge < -0.3 is 0 Å². The molecule has 3 N–H and O–H groups in total. The summed E-state index contributed by atoms with van der Waals surface area (Å²) in [5, 5.41) is 4.59. The van der Waals surface area contributed by atoms with E-state index in [2.05, 4.69) is 5.10 Å². The Hall–Kier alpha value is -2.87. The van der Waals surface area contributed by atoms with Crippen molar-refractivity contribution in [1.29, 1.82) is 0 Å². The van der Waals surface area contributed by atoms with E-state index >= 15 is 0 Å². The number of hydrazine groups is 1. The molecule has 0 aliphatic carbocycles. The molecule has 2 aromatic carbocycles. The highest BCUT2D eigenvalue weighted by atomic mass is 19.1. The van der Waals surface area contributed by atoms with E-state index in [0.717, 1.165) is 12.1 Å². The minimum absolute atomic E-state index is 0.0421. The van der Waals surface area contributed by atoms with Crippen molar-refractivity contribution in [2.24, 2.45) is 5.84 Å². The third kappa shape index (κ3) is 2.83. The molecule has 24 heavy (non-hydrogen) atoms. The predicted molar refractivity (Wildman–Crippen MR) is 81.7 cm³/mol. The maximum absolute atomic E-state index is 13.9. The van der Waals surface area contributed by atoms with Gasteiger partial charge in [-0.1, -0.05) is 18.2 Å². The monoisotopic (exact) mass is 334 g/mol. The van der Waals surface area contributed by atoms with Crippen LogP contribution in [0.4, 0.5) is 13.2 Å². The van der Waals surface area contributed by atoms with Gasteiger partial charge in [0.1, 0.15) is 18.3 Å². The van der Waals surface area contributed by atoms with Crippen LogP contribution in [-0.4, -0.2) is 15.7 Å². The quantitative estimate of drug-likeness (QED) is 0.437. The number of nitrogens with zero attached hydrogens (tertiary/aromatic N) is 2. The lowest BCUT2D eigenvalue weighted by Gasteiger charge is -2.06. The van der Waals surface area contributed by atoms with E-state index in [1.165, 1.54) is 22.9 Å². The number of fused-ring (bicyclic) bond motifs is 1. The summed E-state index contributed by atoms with van der Waals surface area (Å²) in [5.41, 5.74) is 3.06. The number of nitrogens with two attached hydrogens (primary N) is 1. The molecule has 0 aliphatic heterocycles. The third-order valence-electron chi connectivity index (χ3n) is 3.65. The van der Waals surface area contributed by atoms with Crippen molar-refractivity contribution in [3.8, 4) is 0 Å². The smallest absolute Gasteiger partial charge is 0.286 e. The summed E-state index contributed by atoms with van der Waals surface area (Å²) in [5.74, 6) is 3.10. The average molecular weight is 334 g/mol. The summed E-state index contributed by atoms with van der Waals surface area (Å²) in [6.45, 7) is -0.735. The second kappa shape index (κ2) is 6.32. The number of nitrogens with one attached hydrogen (secondary N) is 1. The lowest BCUT2D eigenvalue weighted by Crippen LogP contribution is -2.30. The van der Waals surface area contributed by atoms with Gasteiger partial charge in [0.05, 0.1) is 12.1 Å². The van der Waals surface area contributed by atoms with Crippen molar-refractivity contribution in [1.82, 2.24) is 15.2 Å². The standard InChI is InChI=1S/C16H13F3N4O/c17-7-9-1-4-12-14(5-9)23(22-15(12)16(24)21-20)8-10-2-3-11(18)6-13(10)19/h1-6H,7-8,20H2,(H,21,24). The van der Waals surface area contributed by atoms with E-state index in [9.17, 15) is 18.0 Å². The van der Waals surface area contributed by atoms with Gasteiger partial charge in [-0.05, 0) is 17.7 Å². The van der Waals surface area contributed by atoms with E-state index in [1.807, 2.05) is 5.43 Å². The summed E-state index contributed by atoms with van der Waals surface area (Å²) in [4.78, 5) is 11.8. The molecule has 3 rings (SSSR count). The van der Waals surface area contributed by atoms with Crippen LogP contribution in [-0.2, 0) is 13.2 Å². The van der Waals surface area contributed by atoms with Crippen LogP contribution in [0.2, 0.25) is 0 Å². The van der Waals surface area contributed by atoms with Crippen LogP contribution in [0.3, 0.4) is 0 Å². The third-order valence-corrected chi connectivity index (χ3v) is 3.65. The molecule has 0 bridgehead atoms. The van der Waals surface area contributed by atoms with Crippen LogP contribution >= 0.6 is 0 Å². The molecule has 0 spiro atoms. The SMILES string of the molecule is NNC(=O)c1nn(Cc2ccc(F)cc2F)c2cc(CF)ccc12. The second-order valence-corrected chi connectivity index (χ2v) is 5.20. The van der Waals surface area contributed by atoms with Crippen molar-refractivity contribution in [3.05, 3.63) is 64.9 Å². The van der Waals surface area contributed by atoms with Gasteiger partial charge in [-0.2, -0.15) is 5.10 Å². The first kappa shape index (κ1) is 16.0. The molecule has 1 heterocycles. The van der Waals surface area contributed by atoms with Crippen LogP contribution in [0.15, 0.2) is 36.4 Å². The molecule has 124 valence electrons. The minimum atomic E-state index is -0.731. The van der Waals surface area contributed by atoms with Crippen molar-refractivity contribution < 1.29 is 18.0 Å². The number of carbonyl (C=O) groups excluding carboxylic acids is 1. The first-order chi connectivity index (χ1) is 11.5. The van der Waals surface area contributed by atoms with Gasteiger partial charge in [0.15, 0.2) is 5.69 Å². The zero-order chi connectivity index (χ0) is 17.3. The maximum Gasteiger partial charge on any atom is 0.286 e. The molecular formula is C16H13F3N4O. The van der Waals surface area contributed by atoms with Gasteiger partial charge in [0.2, 0.25) is 0 Å². The van der Waals surface area contributed by atoms with E-state index in [0.29, 0.717) is 16.5 Å². The number of carbonyl (C=O) groups is 1. The number of benzene rings is 2. The summed E-state index contributed by atoms with van der Waals surface area (Å²) < 4.78 is 41.2. The van der Waals surface area contributed by atoms with E-state index in [1.54, 1.807) is 6.07 Å². The van der Waals surface area contributed by atoms with Crippen LogP contribution in [0.1, 0.15) is 21.6 Å². The fraction of sp³-hybridized carbons (Fsp3) is 0.125. The lowest BCUT2D eigenvalue weighted by atomic mass is 10.1. The lowest BCUT2D eigenvalue weighted by molar-refractivity contribution is 0.0949. The Balaban J connectivity index is 2.13. The van der Waals surface area contributed by atoms with Crippen molar-refractivity contribution >= 4 is 16.8 Å². The number of nitrogen functional groups attached to an aromatic ring is 1. The number of hydrogen-bond acceptors (Lipinski definition) is 3. The Bertz CT molecular complexity index is 923. The maximum atomic E-state index is 13.9. The first-order valence-corrected chi connectivity index (χ1v) is 7.03. The molecule has 0 saturated carbocycles. The molecule has 0 unspecified atom stereocenters. The van der Waals surface area contributed by atoms with Crippen LogP contribution in [0, 0.1) is 11.6 Å². The zero-order valence-corrected chi connectivity index (χ0v) is 12.4. The first-order valence-electron chi connectivity index (χ1n) is 7.03. The van der Waals surface area contributed by atoms with E-state index < -0.39 is 24.2 Å². The van der Waals surface area contributed by atoms with Gasteiger partial charge in [0.25, 0.3) is 5.91 Å². The van der Waals surface area contributed by atoms with Gasteiger partial charge in [-0.3, -0.25) is 14.9 Å². The molecule has 1 aromatic heterocycles. The highest BCUT2D eigenvalue weighted by molar-refractivity contribution is 6.04. The zero-order valence-electron chi connectivity index (χ0n) is 12.4. The minimum Gasteiger partial charge on any atom is -0.289 e. The van der Waals surface area contributed by atoms with Gasteiger partial charge in [-0.25, -0.2) is 19.0 Å². The van der Waals surface area contributed by atoms with Gasteiger partial charge in [-0.15, -0.1) is 0 Å². The number of alkyl halides is 1. The average Bonchev–Trinajstić information content (AvgIpc) is 2.94. The van der Waals surface area contributed by atoms with Crippen LogP contribution in [0.25, 0.3) is 10.9 Å². The molecular weight excluding hydrogens is 321 g/mol. The summed E-state index contributed by atoms with van der Waals surface area (Å²) in [6.07, 6.45) is 0. The largest absolute Gasteiger partial charge is 0.289 e. The molecule has 0 atom stereocenters. The van der Waals surface area contributed by atoms with Gasteiger partial charge in [0, 0.05) is 17.0 Å². The van der Waals surface area contributed by atoms with Crippen LogP contribution < -0.4 is 11.3 Å². The fourth-order valence-electron chi connectivity index (χ4n) is 2.47. The highest BCUT2D eigenvalue weighted by Crippen LogP contribution is 2.22. The van der Waals surface area contributed by atoms with Gasteiger partial charge >= 0.3 is 0 Å². The second-order valence-electron chi connectivity index (χ2n) is 5.20. The number of amides is 1. The Labute approximate surface area is 134 Å². The predicted octanol–water partition coefficient (Wildman–Crippen LogP) is 2.44. The van der Waals surface area contributed by atoms with Crippen molar-refractivity contribution in [3.63, 3.8) is 0 Å². The van der Waals surface area contributed by atoms with E-state index in [-0.39, 0.29) is 17.8 Å². The Morgan fingerprint density at radius 3 is 2.67 bits per heavy atom.